The van der Waals surface area contributed by atoms with Crippen molar-refractivity contribution in [2.24, 2.45) is 4.99 Å². The second-order valence-corrected chi connectivity index (χ2v) is 8.09. The first-order chi connectivity index (χ1) is 14.3. The van der Waals surface area contributed by atoms with Crippen LogP contribution in [0.1, 0.15) is 44.9 Å². The number of morpholine rings is 1. The molecule has 1 aromatic rings. The summed E-state index contributed by atoms with van der Waals surface area (Å²) in [7, 11) is 1.86. The van der Waals surface area contributed by atoms with E-state index < -0.39 is 0 Å². The molecule has 0 spiro atoms. The Bertz CT molecular complexity index is 603. The summed E-state index contributed by atoms with van der Waals surface area (Å²) in [6, 6.07) is 5.94. The van der Waals surface area contributed by atoms with Crippen LogP contribution < -0.4 is 16.0 Å². The first kappa shape index (κ1) is 25.1. The molecule has 3 N–H and O–H groups in total. The molecule has 7 nitrogen and oxygen atoms in total. The second kappa shape index (κ2) is 14.0. The molecule has 0 amide bonds. The fraction of sp³-hybridized carbons (Fsp3) is 0.727. The molecule has 1 aromatic heterocycles. The molecule has 170 valence electrons. The first-order valence-electron chi connectivity index (χ1n) is 11.2. The maximum atomic E-state index is 5.59. The van der Waals surface area contributed by atoms with Gasteiger partial charge in [0.15, 0.2) is 5.96 Å². The fourth-order valence-corrected chi connectivity index (χ4v) is 4.46. The van der Waals surface area contributed by atoms with Crippen LogP contribution in [0.15, 0.2) is 29.4 Å². The van der Waals surface area contributed by atoms with Crippen molar-refractivity contribution < 1.29 is 4.74 Å². The molecule has 3 rings (SSSR count). The average molecular weight is 530 g/mol. The number of hydrogen-bond donors (Lipinski definition) is 3. The van der Waals surface area contributed by atoms with Gasteiger partial charge in [0, 0.05) is 51.5 Å². The van der Waals surface area contributed by atoms with E-state index in [4.69, 9.17) is 4.74 Å². The molecular weight excluding hydrogens is 491 g/mol. The highest BCUT2D eigenvalue weighted by atomic mass is 127. The number of halogens is 1. The minimum Gasteiger partial charge on any atom is -0.379 e. The van der Waals surface area contributed by atoms with Gasteiger partial charge in [-0.3, -0.25) is 9.89 Å². The molecule has 2 aliphatic rings. The highest BCUT2D eigenvalue weighted by Crippen LogP contribution is 2.33. The van der Waals surface area contributed by atoms with Crippen molar-refractivity contribution in [3.05, 3.63) is 24.4 Å². The maximum absolute atomic E-state index is 5.59. The van der Waals surface area contributed by atoms with Crippen LogP contribution in [0.5, 0.6) is 0 Å². The Labute approximate surface area is 198 Å². The monoisotopic (exact) mass is 530 g/mol. The van der Waals surface area contributed by atoms with Crippen molar-refractivity contribution in [1.29, 1.82) is 0 Å². The van der Waals surface area contributed by atoms with Gasteiger partial charge in [-0.2, -0.15) is 0 Å². The summed E-state index contributed by atoms with van der Waals surface area (Å²) in [6.07, 6.45) is 10.6. The molecule has 1 saturated heterocycles. The van der Waals surface area contributed by atoms with Crippen LogP contribution in [0.2, 0.25) is 0 Å². The lowest BCUT2D eigenvalue weighted by atomic mass is 9.80. The van der Waals surface area contributed by atoms with Gasteiger partial charge in [0.2, 0.25) is 0 Å². The number of ether oxygens (including phenoxy) is 1. The molecule has 1 aliphatic heterocycles. The Morgan fingerprint density at radius 3 is 2.57 bits per heavy atom. The number of pyridine rings is 1. The van der Waals surface area contributed by atoms with Gasteiger partial charge in [0.1, 0.15) is 5.82 Å². The molecule has 0 radical (unpaired) electrons. The van der Waals surface area contributed by atoms with E-state index in [1.54, 1.807) is 0 Å². The van der Waals surface area contributed by atoms with Crippen LogP contribution in [0.3, 0.4) is 0 Å². The Morgan fingerprint density at radius 1 is 1.10 bits per heavy atom. The number of nitrogens with one attached hydrogen (secondary N) is 3. The Balaban J connectivity index is 0.00000320. The number of aromatic nitrogens is 1. The molecule has 1 saturated carbocycles. The van der Waals surface area contributed by atoms with Gasteiger partial charge < -0.3 is 20.7 Å². The summed E-state index contributed by atoms with van der Waals surface area (Å²) < 4.78 is 5.59. The minimum absolute atomic E-state index is 0. The van der Waals surface area contributed by atoms with Crippen LogP contribution in [-0.4, -0.2) is 74.4 Å². The largest absolute Gasteiger partial charge is 0.379 e. The zero-order valence-electron chi connectivity index (χ0n) is 18.4. The minimum atomic E-state index is 0. The normalized spacial score (nSPS) is 19.6. The van der Waals surface area contributed by atoms with Crippen LogP contribution in [0.4, 0.5) is 5.82 Å². The summed E-state index contributed by atoms with van der Waals surface area (Å²) in [5, 5.41) is 10.5. The fourth-order valence-electron chi connectivity index (χ4n) is 4.46. The average Bonchev–Trinajstić information content (AvgIpc) is 2.80. The maximum Gasteiger partial charge on any atom is 0.191 e. The summed E-state index contributed by atoms with van der Waals surface area (Å²) in [4.78, 5) is 11.4. The zero-order valence-corrected chi connectivity index (χ0v) is 20.7. The van der Waals surface area contributed by atoms with Crippen molar-refractivity contribution in [2.75, 3.05) is 58.3 Å². The van der Waals surface area contributed by atoms with Crippen LogP contribution in [0.25, 0.3) is 0 Å². The number of guanidine groups is 1. The van der Waals surface area contributed by atoms with Gasteiger partial charge in [0.05, 0.1) is 13.2 Å². The number of hydrogen-bond acceptors (Lipinski definition) is 5. The topological polar surface area (TPSA) is 73.8 Å². The van der Waals surface area contributed by atoms with Crippen molar-refractivity contribution in [1.82, 2.24) is 20.5 Å². The number of anilines is 1. The molecule has 8 heteroatoms. The SMILES string of the molecule is CN=C(NCCCCNc1ccccn1)NCC1(N2CCOCC2)CCCCC1.I. The quantitative estimate of drug-likeness (QED) is 0.197. The summed E-state index contributed by atoms with van der Waals surface area (Å²) >= 11 is 0. The smallest absolute Gasteiger partial charge is 0.191 e. The van der Waals surface area contributed by atoms with E-state index in [2.05, 4.69) is 30.8 Å². The first-order valence-corrected chi connectivity index (χ1v) is 11.2. The van der Waals surface area contributed by atoms with Crippen molar-refractivity contribution >= 4 is 35.8 Å². The number of rotatable bonds is 9. The van der Waals surface area contributed by atoms with Gasteiger partial charge in [-0.05, 0) is 37.8 Å². The predicted octanol–water partition coefficient (Wildman–Crippen LogP) is 3.09. The predicted molar refractivity (Wildman–Crippen MR) is 135 cm³/mol. The Kier molecular flexibility index (Phi) is 11.8. The van der Waals surface area contributed by atoms with Gasteiger partial charge in [-0.15, -0.1) is 24.0 Å². The van der Waals surface area contributed by atoms with Crippen molar-refractivity contribution in [2.45, 2.75) is 50.5 Å². The lowest BCUT2D eigenvalue weighted by Crippen LogP contribution is -2.60. The second-order valence-electron chi connectivity index (χ2n) is 8.09. The molecule has 0 unspecified atom stereocenters. The molecule has 0 atom stereocenters. The lowest BCUT2D eigenvalue weighted by Gasteiger charge is -2.48. The Morgan fingerprint density at radius 2 is 1.87 bits per heavy atom. The molecular formula is C22H39IN6O. The van der Waals surface area contributed by atoms with E-state index in [9.17, 15) is 0 Å². The highest BCUT2D eigenvalue weighted by Gasteiger charge is 2.38. The van der Waals surface area contributed by atoms with Crippen LogP contribution >= 0.6 is 24.0 Å². The molecule has 0 bridgehead atoms. The molecule has 0 aromatic carbocycles. The lowest BCUT2D eigenvalue weighted by molar-refractivity contribution is -0.0352. The highest BCUT2D eigenvalue weighted by molar-refractivity contribution is 14.0. The van der Waals surface area contributed by atoms with Gasteiger partial charge in [0.25, 0.3) is 0 Å². The van der Waals surface area contributed by atoms with E-state index >= 15 is 0 Å². The van der Waals surface area contributed by atoms with Gasteiger partial charge in [-0.25, -0.2) is 4.98 Å². The summed E-state index contributed by atoms with van der Waals surface area (Å²) in [6.45, 7) is 6.66. The molecule has 2 heterocycles. The van der Waals surface area contributed by atoms with E-state index in [-0.39, 0.29) is 29.5 Å². The molecule has 1 aliphatic carbocycles. The van der Waals surface area contributed by atoms with Crippen LogP contribution in [0, 0.1) is 0 Å². The third kappa shape index (κ3) is 7.85. The summed E-state index contributed by atoms with van der Waals surface area (Å²) in [5.41, 5.74) is 0.256. The molecule has 2 fully saturated rings. The van der Waals surface area contributed by atoms with E-state index in [1.807, 2.05) is 31.4 Å². The van der Waals surface area contributed by atoms with Gasteiger partial charge in [-0.1, -0.05) is 25.3 Å². The zero-order chi connectivity index (χ0) is 20.2. The Hall–Kier alpha value is -1.13. The number of nitrogens with zero attached hydrogens (tertiary/aromatic N) is 3. The van der Waals surface area contributed by atoms with Crippen molar-refractivity contribution in [3.8, 4) is 0 Å². The van der Waals surface area contributed by atoms with E-state index in [1.165, 1.54) is 32.1 Å². The van der Waals surface area contributed by atoms with Gasteiger partial charge >= 0.3 is 0 Å². The summed E-state index contributed by atoms with van der Waals surface area (Å²) in [5.74, 6) is 1.86. The van der Waals surface area contributed by atoms with Crippen molar-refractivity contribution in [3.63, 3.8) is 0 Å². The number of aliphatic imine (C=N–C) groups is 1. The van der Waals surface area contributed by atoms with E-state index in [0.29, 0.717) is 0 Å². The molecule has 30 heavy (non-hydrogen) atoms. The number of unbranched alkanes of at least 4 members (excludes halogenated alkanes) is 1. The van der Waals surface area contributed by atoms with Crippen LogP contribution in [-0.2, 0) is 4.74 Å². The third-order valence-corrected chi connectivity index (χ3v) is 6.14. The third-order valence-electron chi connectivity index (χ3n) is 6.14. The standard InChI is InChI=1S/C22H38N6O.HI/c1-23-21(26-14-8-7-13-25-20-9-3-6-12-24-20)27-19-22(10-4-2-5-11-22)28-15-17-29-18-16-28;/h3,6,9,12H,2,4-5,7-8,10-11,13-19H2,1H3,(H,24,25)(H2,23,26,27);1H. The van der Waals surface area contributed by atoms with E-state index in [0.717, 1.165) is 70.6 Å².